The Kier molecular flexibility index (Phi) is 8.53. The van der Waals surface area contributed by atoms with E-state index in [0.29, 0.717) is 39.1 Å². The summed E-state index contributed by atoms with van der Waals surface area (Å²) in [6.07, 6.45) is -6.86. The lowest BCUT2D eigenvalue weighted by molar-refractivity contribution is -0.141. The summed E-state index contributed by atoms with van der Waals surface area (Å²) in [7, 11) is -4.79. The molecule has 2 atom stereocenters. The molecule has 4 aromatic rings. The molecule has 0 spiro atoms. The summed E-state index contributed by atoms with van der Waals surface area (Å²) in [4.78, 5) is 17.7. The molecule has 48 heavy (non-hydrogen) atoms. The zero-order chi connectivity index (χ0) is 34.6. The smallest absolute Gasteiger partial charge is 0.291 e. The average molecular weight is 713 g/mol. The zero-order valence-electron chi connectivity index (χ0n) is 24.6. The molecule has 0 saturated heterocycles. The van der Waals surface area contributed by atoms with Crippen molar-refractivity contribution in [1.29, 1.82) is 0 Å². The molecule has 2 aliphatic carbocycles. The van der Waals surface area contributed by atoms with Gasteiger partial charge in [0.15, 0.2) is 5.78 Å². The summed E-state index contributed by atoms with van der Waals surface area (Å²) < 4.78 is 125. The lowest BCUT2D eigenvalue weighted by Gasteiger charge is -2.46. The molecule has 2 aromatic heterocycles. The molecule has 252 valence electrons. The van der Waals surface area contributed by atoms with Crippen LogP contribution >= 0.6 is 11.6 Å². The normalized spacial score (nSPS) is 19.9. The van der Waals surface area contributed by atoms with Crippen molar-refractivity contribution >= 4 is 33.5 Å². The molecule has 0 radical (unpaired) electrons. The third-order valence-electron chi connectivity index (χ3n) is 8.63. The molecule has 16 heteroatoms. The van der Waals surface area contributed by atoms with E-state index in [1.54, 1.807) is 6.08 Å². The second kappa shape index (κ2) is 12.1. The third-order valence-corrected chi connectivity index (χ3v) is 10.8. The van der Waals surface area contributed by atoms with Gasteiger partial charge >= 0.3 is 12.4 Å². The van der Waals surface area contributed by atoms with E-state index in [-0.39, 0.29) is 30.0 Å². The van der Waals surface area contributed by atoms with Gasteiger partial charge in [0, 0.05) is 17.3 Å². The minimum atomic E-state index is -4.96. The number of sulfonamides is 1. The maximum absolute atomic E-state index is 14.4. The Bertz CT molecular complexity index is 1990. The van der Waals surface area contributed by atoms with Crippen LogP contribution in [0.15, 0.2) is 83.5 Å². The quantitative estimate of drug-likeness (QED) is 0.145. The number of benzene rings is 2. The zero-order valence-corrected chi connectivity index (χ0v) is 26.1. The van der Waals surface area contributed by atoms with E-state index in [0.717, 1.165) is 18.2 Å². The van der Waals surface area contributed by atoms with Gasteiger partial charge in [-0.15, -0.1) is 0 Å². The van der Waals surface area contributed by atoms with Gasteiger partial charge in [0.25, 0.3) is 0 Å². The number of fused-ring (bicyclic) bond motifs is 2. The van der Waals surface area contributed by atoms with Crippen molar-refractivity contribution in [1.82, 2.24) is 19.1 Å². The molecule has 0 aliphatic heterocycles. The Labute approximate surface area is 274 Å². The number of carbonyl (C=O) groups is 1. The number of pyridine rings is 1. The maximum Gasteiger partial charge on any atom is 0.417 e. The first-order chi connectivity index (χ1) is 22.5. The van der Waals surface area contributed by atoms with Crippen LogP contribution in [0.2, 0.25) is 5.02 Å². The van der Waals surface area contributed by atoms with Crippen molar-refractivity contribution in [2.75, 3.05) is 6.54 Å². The number of allylic oxidation sites excluding steroid dienone is 1. The molecule has 6 rings (SSSR count). The van der Waals surface area contributed by atoms with Crippen LogP contribution in [0.25, 0.3) is 11.8 Å². The van der Waals surface area contributed by atoms with Gasteiger partial charge in [-0.3, -0.25) is 9.78 Å². The van der Waals surface area contributed by atoms with E-state index in [1.807, 2.05) is 0 Å². The van der Waals surface area contributed by atoms with Gasteiger partial charge < -0.3 is 0 Å². The van der Waals surface area contributed by atoms with Crippen LogP contribution in [0, 0.1) is 11.2 Å². The second-order valence-electron chi connectivity index (χ2n) is 11.6. The number of hydrogen-bond acceptors (Lipinski definition) is 5. The van der Waals surface area contributed by atoms with Gasteiger partial charge in [-0.1, -0.05) is 17.2 Å². The molecular formula is C32H24ClF7N4O3S. The van der Waals surface area contributed by atoms with E-state index in [9.17, 15) is 43.9 Å². The van der Waals surface area contributed by atoms with Gasteiger partial charge in [0.1, 0.15) is 18.1 Å². The molecular weight excluding hydrogens is 689 g/mol. The highest BCUT2D eigenvalue weighted by Gasteiger charge is 2.53. The van der Waals surface area contributed by atoms with Crippen LogP contribution < -0.4 is 0 Å². The first-order valence-corrected chi connectivity index (χ1v) is 16.3. The summed E-state index contributed by atoms with van der Waals surface area (Å²) in [5.74, 6) is -1.26. The Morgan fingerprint density at radius 2 is 1.67 bits per heavy atom. The van der Waals surface area contributed by atoms with Crippen LogP contribution in [-0.2, 0) is 22.6 Å². The van der Waals surface area contributed by atoms with Gasteiger partial charge in [0.05, 0.1) is 33.5 Å². The first kappa shape index (κ1) is 33.8. The van der Waals surface area contributed by atoms with Gasteiger partial charge in [-0.05, 0) is 98.0 Å². The third kappa shape index (κ3) is 6.38. The number of nitrogens with zero attached hydrogens (tertiary/aromatic N) is 4. The summed E-state index contributed by atoms with van der Waals surface area (Å²) in [6.45, 7) is -1.85. The molecule has 2 aromatic carbocycles. The SMILES string of the molecule is O=C(c1ccc(C(F)(F)F)cn1)[C@]12Cc3cnn(-c4ccc(F)cc4)c3C=C1CC[C@H](N(CC(F)(F)F)S(=O)(=O)c1ccc(Cl)cc1)C2. The van der Waals surface area contributed by atoms with Gasteiger partial charge in [0.2, 0.25) is 10.0 Å². The number of alkyl halides is 6. The van der Waals surface area contributed by atoms with E-state index in [2.05, 4.69) is 10.1 Å². The van der Waals surface area contributed by atoms with E-state index in [4.69, 9.17) is 11.6 Å². The number of hydrogen-bond donors (Lipinski definition) is 0. The van der Waals surface area contributed by atoms with Crippen molar-refractivity contribution < 1.29 is 43.9 Å². The monoisotopic (exact) mass is 712 g/mol. The fraction of sp³-hybridized carbons (Fsp3) is 0.281. The van der Waals surface area contributed by atoms with Crippen LogP contribution in [0.4, 0.5) is 30.7 Å². The number of aromatic nitrogens is 3. The summed E-state index contributed by atoms with van der Waals surface area (Å²) in [6, 6.07) is 10.3. The Balaban J connectivity index is 1.46. The van der Waals surface area contributed by atoms with Crippen molar-refractivity contribution in [3.63, 3.8) is 0 Å². The molecule has 0 unspecified atom stereocenters. The number of carbonyl (C=O) groups excluding carboxylic acids is 1. The number of ketones is 1. The fourth-order valence-electron chi connectivity index (χ4n) is 6.39. The van der Waals surface area contributed by atoms with Gasteiger partial charge in [-0.25, -0.2) is 17.5 Å². The van der Waals surface area contributed by atoms with Crippen LogP contribution in [0.1, 0.15) is 46.6 Å². The van der Waals surface area contributed by atoms with Gasteiger partial charge in [-0.2, -0.15) is 35.7 Å². The minimum Gasteiger partial charge on any atom is -0.291 e. The van der Waals surface area contributed by atoms with E-state index in [1.165, 1.54) is 47.3 Å². The molecule has 0 amide bonds. The lowest BCUT2D eigenvalue weighted by atomic mass is 9.60. The molecule has 7 nitrogen and oxygen atoms in total. The molecule has 2 heterocycles. The van der Waals surface area contributed by atoms with Crippen LogP contribution in [-0.4, -0.2) is 52.0 Å². The summed E-state index contributed by atoms with van der Waals surface area (Å²) in [5.41, 5.74) is -1.27. The maximum atomic E-state index is 14.4. The Morgan fingerprint density at radius 3 is 2.27 bits per heavy atom. The molecule has 2 aliphatic rings. The van der Waals surface area contributed by atoms with E-state index >= 15 is 0 Å². The predicted molar refractivity (Wildman–Crippen MR) is 160 cm³/mol. The summed E-state index contributed by atoms with van der Waals surface area (Å²) in [5, 5.41) is 4.54. The van der Waals surface area contributed by atoms with Crippen molar-refractivity contribution in [2.45, 2.75) is 49.0 Å². The number of rotatable bonds is 7. The molecule has 1 saturated carbocycles. The predicted octanol–water partition coefficient (Wildman–Crippen LogP) is 7.69. The highest BCUT2D eigenvalue weighted by molar-refractivity contribution is 7.89. The first-order valence-electron chi connectivity index (χ1n) is 14.4. The molecule has 1 fully saturated rings. The lowest BCUT2D eigenvalue weighted by Crippen LogP contribution is -2.52. The van der Waals surface area contributed by atoms with Crippen molar-refractivity contribution in [3.05, 3.63) is 112 Å². The minimum absolute atomic E-state index is 0.0322. The van der Waals surface area contributed by atoms with Crippen molar-refractivity contribution in [2.24, 2.45) is 5.41 Å². The second-order valence-corrected chi connectivity index (χ2v) is 14.0. The average Bonchev–Trinajstić information content (AvgIpc) is 3.44. The fourth-order valence-corrected chi connectivity index (χ4v) is 8.15. The number of Topliss-reactive ketones (excluding diaryl/α,β-unsaturated/α-hetero) is 1. The van der Waals surface area contributed by atoms with Crippen molar-refractivity contribution in [3.8, 4) is 5.69 Å². The Morgan fingerprint density at radius 1 is 0.979 bits per heavy atom. The molecule has 0 N–H and O–H groups in total. The largest absolute Gasteiger partial charge is 0.417 e. The summed E-state index contributed by atoms with van der Waals surface area (Å²) >= 11 is 5.88. The highest BCUT2D eigenvalue weighted by atomic mass is 35.5. The Hall–Kier alpha value is -4.08. The topological polar surface area (TPSA) is 85.2 Å². The highest BCUT2D eigenvalue weighted by Crippen LogP contribution is 2.52. The van der Waals surface area contributed by atoms with E-state index < -0.39 is 68.9 Å². The molecule has 0 bridgehead atoms. The van der Waals surface area contributed by atoms with Crippen LogP contribution in [0.5, 0.6) is 0 Å². The number of halogens is 8. The standard InChI is InChI=1S/C32H24ClF7N4O3S/c33-22-3-10-26(11-4-22)48(46,47)43(18-31(35,36)37)25-7-1-20-13-28-19(16-42-44(28)24-8-5-23(34)6-9-24)14-30(20,15-25)29(45)27-12-2-21(17-41-27)32(38,39)40/h2-6,8-13,16-17,25H,1,7,14-15,18H2/t25-,30-/m0/s1. The van der Waals surface area contributed by atoms with Crippen LogP contribution in [0.3, 0.4) is 0 Å².